The van der Waals surface area contributed by atoms with E-state index >= 15 is 0 Å². The largest absolute Gasteiger partial charge is 0.349 e. The van der Waals surface area contributed by atoms with Gasteiger partial charge in [0.2, 0.25) is 0 Å². The van der Waals surface area contributed by atoms with Crippen LogP contribution >= 0.6 is 11.3 Å². The predicted octanol–water partition coefficient (Wildman–Crippen LogP) is 2.58. The molecule has 22 heavy (non-hydrogen) atoms. The fourth-order valence-corrected chi connectivity index (χ4v) is 2.70. The number of hydrogen-bond acceptors (Lipinski definition) is 5. The molecule has 2 aromatic rings. The van der Waals surface area contributed by atoms with Gasteiger partial charge in [0.25, 0.3) is 5.91 Å². The standard InChI is InChI=1S/C16H22N4OS/c1-11-13(14(21)18-10-16(2,3)20(4)5)22-15(19-11)12-8-6-7-9-17-12/h6-9H,10H2,1-5H3,(H,18,21). The van der Waals surface area contributed by atoms with Crippen LogP contribution in [0.3, 0.4) is 0 Å². The van der Waals surface area contributed by atoms with E-state index in [0.717, 1.165) is 16.4 Å². The SMILES string of the molecule is Cc1nc(-c2ccccn2)sc1C(=O)NCC(C)(C)N(C)C. The van der Waals surface area contributed by atoms with Crippen LogP contribution in [0.15, 0.2) is 24.4 Å². The Bertz CT molecular complexity index is 649. The highest BCUT2D eigenvalue weighted by Crippen LogP contribution is 2.26. The van der Waals surface area contributed by atoms with Crippen molar-refractivity contribution in [3.63, 3.8) is 0 Å². The van der Waals surface area contributed by atoms with Crippen LogP contribution < -0.4 is 5.32 Å². The molecule has 118 valence electrons. The summed E-state index contributed by atoms with van der Waals surface area (Å²) >= 11 is 1.38. The van der Waals surface area contributed by atoms with Crippen molar-refractivity contribution in [1.82, 2.24) is 20.2 Å². The van der Waals surface area contributed by atoms with Crippen LogP contribution in [0.5, 0.6) is 0 Å². The summed E-state index contributed by atoms with van der Waals surface area (Å²) < 4.78 is 0. The number of aryl methyl sites for hydroxylation is 1. The maximum Gasteiger partial charge on any atom is 0.263 e. The summed E-state index contributed by atoms with van der Waals surface area (Å²) in [7, 11) is 4.01. The molecule has 0 saturated carbocycles. The third kappa shape index (κ3) is 3.69. The number of likely N-dealkylation sites (N-methyl/N-ethyl adjacent to an activating group) is 1. The summed E-state index contributed by atoms with van der Waals surface area (Å²) in [5.41, 5.74) is 1.44. The molecule has 5 nitrogen and oxygen atoms in total. The zero-order valence-electron chi connectivity index (χ0n) is 13.7. The van der Waals surface area contributed by atoms with E-state index in [-0.39, 0.29) is 11.4 Å². The fraction of sp³-hybridized carbons (Fsp3) is 0.438. The Morgan fingerprint density at radius 3 is 2.68 bits per heavy atom. The van der Waals surface area contributed by atoms with Crippen molar-refractivity contribution in [2.75, 3.05) is 20.6 Å². The van der Waals surface area contributed by atoms with E-state index < -0.39 is 0 Å². The monoisotopic (exact) mass is 318 g/mol. The van der Waals surface area contributed by atoms with Gasteiger partial charge >= 0.3 is 0 Å². The fourth-order valence-electron chi connectivity index (χ4n) is 1.74. The van der Waals surface area contributed by atoms with E-state index in [9.17, 15) is 4.79 Å². The molecule has 0 bridgehead atoms. The molecule has 0 saturated heterocycles. The van der Waals surface area contributed by atoms with Crippen LogP contribution in [0.25, 0.3) is 10.7 Å². The van der Waals surface area contributed by atoms with Crippen molar-refractivity contribution >= 4 is 17.2 Å². The number of carbonyl (C=O) groups is 1. The Kier molecular flexibility index (Phi) is 4.93. The van der Waals surface area contributed by atoms with Gasteiger partial charge < -0.3 is 10.2 Å². The van der Waals surface area contributed by atoms with Crippen molar-refractivity contribution in [3.8, 4) is 10.7 Å². The Hall–Kier alpha value is -1.79. The summed E-state index contributed by atoms with van der Waals surface area (Å²) in [4.78, 5) is 23.9. The molecule has 6 heteroatoms. The zero-order chi connectivity index (χ0) is 16.3. The molecule has 0 spiro atoms. The van der Waals surface area contributed by atoms with Gasteiger partial charge in [0.1, 0.15) is 9.88 Å². The summed E-state index contributed by atoms with van der Waals surface area (Å²) in [6.45, 7) is 6.61. The smallest absolute Gasteiger partial charge is 0.263 e. The second-order valence-electron chi connectivity index (χ2n) is 6.04. The minimum atomic E-state index is -0.0991. The van der Waals surface area contributed by atoms with E-state index in [1.165, 1.54) is 11.3 Å². The van der Waals surface area contributed by atoms with Crippen molar-refractivity contribution < 1.29 is 4.79 Å². The lowest BCUT2D eigenvalue weighted by atomic mass is 10.0. The van der Waals surface area contributed by atoms with Crippen LogP contribution in [0.4, 0.5) is 0 Å². The Morgan fingerprint density at radius 2 is 2.09 bits per heavy atom. The van der Waals surface area contributed by atoms with Gasteiger partial charge in [-0.3, -0.25) is 9.78 Å². The van der Waals surface area contributed by atoms with E-state index in [2.05, 4.69) is 34.0 Å². The molecule has 2 aromatic heterocycles. The van der Waals surface area contributed by atoms with E-state index in [4.69, 9.17) is 0 Å². The second kappa shape index (κ2) is 6.54. The topological polar surface area (TPSA) is 58.1 Å². The number of pyridine rings is 1. The van der Waals surface area contributed by atoms with Crippen molar-refractivity contribution in [2.24, 2.45) is 0 Å². The molecule has 0 aliphatic carbocycles. The second-order valence-corrected chi connectivity index (χ2v) is 7.04. The first-order valence-electron chi connectivity index (χ1n) is 7.16. The van der Waals surface area contributed by atoms with Crippen LogP contribution in [0, 0.1) is 6.92 Å². The lowest BCUT2D eigenvalue weighted by molar-refractivity contribution is 0.0923. The van der Waals surface area contributed by atoms with Gasteiger partial charge in [0.05, 0.1) is 11.4 Å². The van der Waals surface area contributed by atoms with Crippen LogP contribution in [-0.2, 0) is 0 Å². The van der Waals surface area contributed by atoms with Gasteiger partial charge in [-0.2, -0.15) is 0 Å². The minimum absolute atomic E-state index is 0.0768. The van der Waals surface area contributed by atoms with Gasteiger partial charge in [-0.25, -0.2) is 4.98 Å². The molecule has 0 fully saturated rings. The van der Waals surface area contributed by atoms with E-state index in [1.807, 2.05) is 39.2 Å². The van der Waals surface area contributed by atoms with Crippen LogP contribution in [0.1, 0.15) is 29.2 Å². The van der Waals surface area contributed by atoms with Gasteiger partial charge in [-0.05, 0) is 47.0 Å². The number of nitrogens with zero attached hydrogens (tertiary/aromatic N) is 3. The maximum atomic E-state index is 12.4. The van der Waals surface area contributed by atoms with Gasteiger partial charge in [-0.1, -0.05) is 6.07 Å². The normalized spacial score (nSPS) is 11.7. The number of rotatable bonds is 5. The molecule has 0 aliphatic heterocycles. The number of hydrogen-bond donors (Lipinski definition) is 1. The Morgan fingerprint density at radius 1 is 1.36 bits per heavy atom. The maximum absolute atomic E-state index is 12.4. The molecule has 1 amide bonds. The van der Waals surface area contributed by atoms with Gasteiger partial charge in [0.15, 0.2) is 0 Å². The highest BCUT2D eigenvalue weighted by Gasteiger charge is 2.23. The van der Waals surface area contributed by atoms with E-state index in [1.54, 1.807) is 6.20 Å². The van der Waals surface area contributed by atoms with Gasteiger partial charge in [-0.15, -0.1) is 11.3 Å². The first-order valence-corrected chi connectivity index (χ1v) is 7.97. The number of thiazole rings is 1. The average Bonchev–Trinajstić information content (AvgIpc) is 2.88. The molecule has 0 aromatic carbocycles. The zero-order valence-corrected chi connectivity index (χ0v) is 14.5. The lowest BCUT2D eigenvalue weighted by Crippen LogP contribution is -2.48. The molecular formula is C16H22N4OS. The third-order valence-corrected chi connectivity index (χ3v) is 4.96. The summed E-state index contributed by atoms with van der Waals surface area (Å²) in [6, 6.07) is 5.68. The number of amides is 1. The molecule has 0 unspecified atom stereocenters. The highest BCUT2D eigenvalue weighted by molar-refractivity contribution is 7.17. The number of nitrogens with one attached hydrogen (secondary N) is 1. The lowest BCUT2D eigenvalue weighted by Gasteiger charge is -2.32. The molecule has 1 N–H and O–H groups in total. The van der Waals surface area contributed by atoms with Gasteiger partial charge in [0, 0.05) is 18.3 Å². The Labute approximate surface area is 135 Å². The van der Waals surface area contributed by atoms with Crippen LogP contribution in [0.2, 0.25) is 0 Å². The van der Waals surface area contributed by atoms with Crippen LogP contribution in [-0.4, -0.2) is 47.0 Å². The highest BCUT2D eigenvalue weighted by atomic mass is 32.1. The molecule has 0 radical (unpaired) electrons. The summed E-state index contributed by atoms with van der Waals surface area (Å²) in [5.74, 6) is -0.0768. The number of aromatic nitrogens is 2. The predicted molar refractivity (Wildman–Crippen MR) is 90.2 cm³/mol. The van der Waals surface area contributed by atoms with Crippen molar-refractivity contribution in [2.45, 2.75) is 26.3 Å². The van der Waals surface area contributed by atoms with Crippen molar-refractivity contribution in [1.29, 1.82) is 0 Å². The van der Waals surface area contributed by atoms with E-state index in [0.29, 0.717) is 11.4 Å². The third-order valence-electron chi connectivity index (χ3n) is 3.78. The molecule has 0 aliphatic rings. The first kappa shape index (κ1) is 16.6. The molecular weight excluding hydrogens is 296 g/mol. The Balaban J connectivity index is 2.13. The molecule has 2 rings (SSSR count). The molecule has 2 heterocycles. The molecule has 0 atom stereocenters. The average molecular weight is 318 g/mol. The quantitative estimate of drug-likeness (QED) is 0.920. The first-order chi connectivity index (χ1) is 10.3. The van der Waals surface area contributed by atoms with Crippen molar-refractivity contribution in [3.05, 3.63) is 35.0 Å². The summed E-state index contributed by atoms with van der Waals surface area (Å²) in [6.07, 6.45) is 1.73. The minimum Gasteiger partial charge on any atom is -0.349 e. The number of carbonyl (C=O) groups excluding carboxylic acids is 1. The summed E-state index contributed by atoms with van der Waals surface area (Å²) in [5, 5.41) is 3.77.